The maximum absolute atomic E-state index is 12.9. The summed E-state index contributed by atoms with van der Waals surface area (Å²) in [6.45, 7) is 4.39. The van der Waals surface area contributed by atoms with E-state index in [1.807, 2.05) is 21.1 Å². The van der Waals surface area contributed by atoms with Crippen molar-refractivity contribution < 1.29 is 42.1 Å². The van der Waals surface area contributed by atoms with Gasteiger partial charge in [-0.2, -0.15) is 0 Å². The highest BCUT2D eigenvalue weighted by Crippen LogP contribution is 2.43. The van der Waals surface area contributed by atoms with Gasteiger partial charge in [-0.25, -0.2) is 4.57 Å². The van der Waals surface area contributed by atoms with Crippen LogP contribution in [0.4, 0.5) is 0 Å². The van der Waals surface area contributed by atoms with E-state index in [1.165, 1.54) is 270 Å². The summed E-state index contributed by atoms with van der Waals surface area (Å²) in [5.74, 6) is -0.777. The van der Waals surface area contributed by atoms with Crippen LogP contribution < -0.4 is 0 Å². The maximum Gasteiger partial charge on any atom is 0.472 e. The first-order valence-corrected chi connectivity index (χ1v) is 39.0. The molecule has 9 nitrogen and oxygen atoms in total. The van der Waals surface area contributed by atoms with Crippen LogP contribution in [0.3, 0.4) is 0 Å². The molecule has 0 fully saturated rings. The molecule has 1 N–H and O–H groups in total. The number of hydrogen-bond acceptors (Lipinski definition) is 7. The average molecular weight is 1240 g/mol. The van der Waals surface area contributed by atoms with Crippen LogP contribution in [0, 0.1) is 0 Å². The molecule has 0 aliphatic carbocycles. The van der Waals surface area contributed by atoms with Crippen molar-refractivity contribution in [1.82, 2.24) is 0 Å². The molecule has 510 valence electrons. The lowest BCUT2D eigenvalue weighted by atomic mass is 10.0. The van der Waals surface area contributed by atoms with E-state index in [9.17, 15) is 19.0 Å². The summed E-state index contributed by atoms with van der Waals surface area (Å²) in [7, 11) is 1.49. The van der Waals surface area contributed by atoms with E-state index in [0.717, 1.165) is 64.2 Å². The molecule has 0 rings (SSSR count). The predicted octanol–water partition coefficient (Wildman–Crippen LogP) is 24.6. The Morgan fingerprint density at radius 1 is 0.368 bits per heavy atom. The molecule has 2 atom stereocenters. The van der Waals surface area contributed by atoms with Crippen molar-refractivity contribution in [2.24, 2.45) is 0 Å². The fraction of sp³-hybridized carbons (Fsp3) is 0.844. The molecule has 0 aliphatic rings. The van der Waals surface area contributed by atoms with Gasteiger partial charge in [0.15, 0.2) is 6.10 Å². The van der Waals surface area contributed by atoms with Crippen LogP contribution in [0.15, 0.2) is 60.8 Å². The molecule has 0 heterocycles. The largest absolute Gasteiger partial charge is 0.472 e. The molecule has 87 heavy (non-hydrogen) atoms. The summed E-state index contributed by atoms with van der Waals surface area (Å²) in [5.41, 5.74) is 0. The summed E-state index contributed by atoms with van der Waals surface area (Å²) < 4.78 is 34.8. The van der Waals surface area contributed by atoms with Gasteiger partial charge in [0.05, 0.1) is 27.7 Å². The van der Waals surface area contributed by atoms with Crippen molar-refractivity contribution in [3.63, 3.8) is 0 Å². The Morgan fingerprint density at radius 2 is 0.655 bits per heavy atom. The highest BCUT2D eigenvalue weighted by Gasteiger charge is 2.27. The zero-order valence-corrected chi connectivity index (χ0v) is 59.2. The van der Waals surface area contributed by atoms with Crippen LogP contribution in [-0.2, 0) is 32.7 Å². The number of carbonyl (C=O) groups is 2. The SMILES string of the molecule is CC/C=C\C/C=C\C/C=C\C/C=C\C/C=C\CCCCCCCCCCCCCCCCCCCC(=O)OC(COC(=O)CCCCCCCCCCCCCCCCCCCCCCCCCCCCCCCC)COP(=O)(O)OCC[N+](C)(C)C. The number of hydrogen-bond donors (Lipinski definition) is 1. The third-order valence-electron chi connectivity index (χ3n) is 16.8. The lowest BCUT2D eigenvalue weighted by Gasteiger charge is -2.24. The van der Waals surface area contributed by atoms with Gasteiger partial charge >= 0.3 is 19.8 Å². The number of rotatable bonds is 70. The minimum absolute atomic E-state index is 0.0334. The van der Waals surface area contributed by atoms with Gasteiger partial charge in [0.2, 0.25) is 0 Å². The molecule has 0 aliphatic heterocycles. The molecular weight excluding hydrogens is 1100 g/mol. The van der Waals surface area contributed by atoms with E-state index >= 15 is 0 Å². The van der Waals surface area contributed by atoms with Crippen LogP contribution in [0.1, 0.15) is 367 Å². The number of ether oxygens (including phenoxy) is 2. The standard InChI is InChI=1S/C77H144NO8P/c1-6-8-10-12-14-16-18-20-22-24-26-28-30-32-34-36-38-39-40-42-44-46-48-50-52-54-56-58-60-62-64-66-68-70-77(80)86-75(74-85-87(81,82)84-72-71-78(3,4)5)73-83-76(79)69-67-65-63-61-59-57-55-53-51-49-47-45-43-41-37-35-33-31-29-27-25-23-21-19-17-15-13-11-9-7-2/h8,10,14,16,20,22,26,28,32,34,75H,6-7,9,11-13,15,17-19,21,23-25,27,29-31,33,35-74H2,1-5H3/p+1/b10-8-,16-14-,22-20-,28-26-,34-32-. The predicted molar refractivity (Wildman–Crippen MR) is 376 cm³/mol. The molecule has 0 amide bonds. The molecule has 0 aromatic rings. The number of carbonyl (C=O) groups excluding carboxylic acids is 2. The molecule has 0 saturated heterocycles. The van der Waals surface area contributed by atoms with Crippen LogP contribution >= 0.6 is 7.82 Å². The van der Waals surface area contributed by atoms with Crippen molar-refractivity contribution in [3.05, 3.63) is 60.8 Å². The summed E-state index contributed by atoms with van der Waals surface area (Å²) in [4.78, 5) is 35.9. The number of phosphoric acid groups is 1. The first kappa shape index (κ1) is 84.7. The topological polar surface area (TPSA) is 108 Å². The summed E-state index contributed by atoms with van der Waals surface area (Å²) in [5, 5.41) is 0. The van der Waals surface area contributed by atoms with Gasteiger partial charge < -0.3 is 18.9 Å². The van der Waals surface area contributed by atoms with Crippen LogP contribution in [0.5, 0.6) is 0 Å². The fourth-order valence-corrected chi connectivity index (χ4v) is 11.8. The Labute approximate surface area is 540 Å². The van der Waals surface area contributed by atoms with Crippen molar-refractivity contribution in [1.29, 1.82) is 0 Å². The van der Waals surface area contributed by atoms with E-state index in [-0.39, 0.29) is 25.6 Å². The quantitative estimate of drug-likeness (QED) is 0.0211. The number of quaternary nitrogens is 1. The molecule has 0 radical (unpaired) electrons. The summed E-state index contributed by atoms with van der Waals surface area (Å²) >= 11 is 0. The maximum atomic E-state index is 12.9. The van der Waals surface area contributed by atoms with Crippen molar-refractivity contribution in [3.8, 4) is 0 Å². The Morgan fingerprint density at radius 3 is 0.977 bits per heavy atom. The lowest BCUT2D eigenvalue weighted by Crippen LogP contribution is -2.37. The third-order valence-corrected chi connectivity index (χ3v) is 17.8. The highest BCUT2D eigenvalue weighted by atomic mass is 31.2. The molecule has 2 unspecified atom stereocenters. The molecular formula is C77H145NO8P+. The van der Waals surface area contributed by atoms with Crippen LogP contribution in [0.2, 0.25) is 0 Å². The fourth-order valence-electron chi connectivity index (χ4n) is 11.1. The van der Waals surface area contributed by atoms with Crippen LogP contribution in [0.25, 0.3) is 0 Å². The number of unbranched alkanes of at least 4 members (excludes halogenated alkanes) is 46. The number of nitrogens with zero attached hydrogens (tertiary/aromatic N) is 1. The molecule has 0 aromatic heterocycles. The Kier molecular flexibility index (Phi) is 66.3. The monoisotopic (exact) mass is 1240 g/mol. The second-order valence-electron chi connectivity index (χ2n) is 26.7. The first-order valence-electron chi connectivity index (χ1n) is 37.5. The second-order valence-corrected chi connectivity index (χ2v) is 28.1. The zero-order valence-electron chi connectivity index (χ0n) is 58.3. The lowest BCUT2D eigenvalue weighted by molar-refractivity contribution is -0.870. The molecule has 0 aromatic carbocycles. The second kappa shape index (κ2) is 68.1. The smallest absolute Gasteiger partial charge is 0.462 e. The van der Waals surface area contributed by atoms with E-state index < -0.39 is 26.5 Å². The molecule has 0 spiro atoms. The normalized spacial score (nSPS) is 13.4. The molecule has 0 saturated carbocycles. The van der Waals surface area contributed by atoms with Gasteiger partial charge in [-0.15, -0.1) is 0 Å². The number of esters is 2. The van der Waals surface area contributed by atoms with Crippen molar-refractivity contribution in [2.45, 2.75) is 373 Å². The van der Waals surface area contributed by atoms with Gasteiger partial charge in [-0.3, -0.25) is 18.6 Å². The highest BCUT2D eigenvalue weighted by molar-refractivity contribution is 7.47. The molecule has 10 heteroatoms. The van der Waals surface area contributed by atoms with E-state index in [1.54, 1.807) is 0 Å². The summed E-state index contributed by atoms with van der Waals surface area (Å²) in [6, 6.07) is 0. The van der Waals surface area contributed by atoms with Gasteiger partial charge in [0, 0.05) is 12.8 Å². The van der Waals surface area contributed by atoms with Gasteiger partial charge in [-0.1, -0.05) is 357 Å². The zero-order chi connectivity index (χ0) is 63.4. The Balaban J connectivity index is 3.97. The Hall–Kier alpha value is -2.29. The van der Waals surface area contributed by atoms with Crippen molar-refractivity contribution in [2.75, 3.05) is 47.5 Å². The third kappa shape index (κ3) is 72.6. The first-order chi connectivity index (χ1) is 42.5. The minimum atomic E-state index is -4.39. The molecule has 0 bridgehead atoms. The Bertz CT molecular complexity index is 1650. The minimum Gasteiger partial charge on any atom is -0.462 e. The van der Waals surface area contributed by atoms with Gasteiger partial charge in [0.1, 0.15) is 19.8 Å². The number of phosphoric ester groups is 1. The van der Waals surface area contributed by atoms with E-state index in [2.05, 4.69) is 74.6 Å². The van der Waals surface area contributed by atoms with E-state index in [4.69, 9.17) is 18.5 Å². The van der Waals surface area contributed by atoms with Gasteiger partial charge in [0.25, 0.3) is 0 Å². The van der Waals surface area contributed by atoms with Crippen LogP contribution in [-0.4, -0.2) is 74.9 Å². The summed E-state index contributed by atoms with van der Waals surface area (Å²) in [6.07, 6.45) is 90.6. The average Bonchev–Trinajstić information content (AvgIpc) is 3.50. The van der Waals surface area contributed by atoms with E-state index in [0.29, 0.717) is 23.9 Å². The van der Waals surface area contributed by atoms with Crippen molar-refractivity contribution >= 4 is 19.8 Å². The van der Waals surface area contributed by atoms with Gasteiger partial charge in [-0.05, 0) is 57.8 Å². The number of allylic oxidation sites excluding steroid dienone is 10. The number of likely N-dealkylation sites (N-methyl/N-ethyl adjacent to an activating group) is 1.